The standard InChI is InChI=1S/C20H32N2O2/c1-14(22(6)17-9-10-17)13-21-19(23)15(2)24-18-11-7-16(8-12-18)20(3,4)5/h7-8,11-12,14-15,17H,9-10,13H2,1-6H3,(H,21,23). The fraction of sp³-hybridized carbons (Fsp3) is 0.650. The Kier molecular flexibility index (Phi) is 5.92. The van der Waals surface area contributed by atoms with Crippen LogP contribution in [0.15, 0.2) is 24.3 Å². The first-order valence-corrected chi connectivity index (χ1v) is 8.95. The molecule has 0 heterocycles. The Hall–Kier alpha value is -1.55. The van der Waals surface area contributed by atoms with E-state index in [2.05, 4.69) is 57.1 Å². The van der Waals surface area contributed by atoms with Crippen molar-refractivity contribution in [3.8, 4) is 5.75 Å². The van der Waals surface area contributed by atoms with Crippen molar-refractivity contribution in [1.82, 2.24) is 10.2 Å². The molecule has 1 fully saturated rings. The van der Waals surface area contributed by atoms with E-state index >= 15 is 0 Å². The number of carbonyl (C=O) groups excluding carboxylic acids is 1. The van der Waals surface area contributed by atoms with Crippen LogP contribution in [0.4, 0.5) is 0 Å². The predicted molar refractivity (Wildman–Crippen MR) is 98.5 cm³/mol. The van der Waals surface area contributed by atoms with Gasteiger partial charge in [-0.25, -0.2) is 0 Å². The number of ether oxygens (including phenoxy) is 1. The van der Waals surface area contributed by atoms with Gasteiger partial charge in [0.1, 0.15) is 5.75 Å². The van der Waals surface area contributed by atoms with Gasteiger partial charge in [0, 0.05) is 18.6 Å². The molecule has 134 valence electrons. The number of benzene rings is 1. The minimum Gasteiger partial charge on any atom is -0.481 e. The highest BCUT2D eigenvalue weighted by Crippen LogP contribution is 2.27. The third-order valence-corrected chi connectivity index (χ3v) is 4.79. The molecule has 1 amide bonds. The van der Waals surface area contributed by atoms with E-state index in [1.54, 1.807) is 6.92 Å². The molecule has 2 unspecified atom stereocenters. The van der Waals surface area contributed by atoms with E-state index in [0.29, 0.717) is 18.6 Å². The van der Waals surface area contributed by atoms with Crippen molar-refractivity contribution in [3.63, 3.8) is 0 Å². The molecule has 0 bridgehead atoms. The van der Waals surface area contributed by atoms with Crippen LogP contribution in [0.5, 0.6) is 5.75 Å². The second-order valence-electron chi connectivity index (χ2n) is 8.03. The number of amides is 1. The third-order valence-electron chi connectivity index (χ3n) is 4.79. The van der Waals surface area contributed by atoms with Crippen molar-refractivity contribution in [1.29, 1.82) is 0 Å². The second kappa shape index (κ2) is 7.56. The molecule has 0 aromatic heterocycles. The van der Waals surface area contributed by atoms with Gasteiger partial charge in [0.15, 0.2) is 6.10 Å². The van der Waals surface area contributed by atoms with E-state index in [0.717, 1.165) is 5.75 Å². The Balaban J connectivity index is 1.80. The van der Waals surface area contributed by atoms with Gasteiger partial charge in [0.2, 0.25) is 0 Å². The average molecular weight is 332 g/mol. The van der Waals surface area contributed by atoms with E-state index in [4.69, 9.17) is 4.74 Å². The summed E-state index contributed by atoms with van der Waals surface area (Å²) in [5.74, 6) is 0.666. The Morgan fingerprint density at radius 3 is 2.33 bits per heavy atom. The average Bonchev–Trinajstić information content (AvgIpc) is 3.35. The van der Waals surface area contributed by atoms with E-state index in [-0.39, 0.29) is 11.3 Å². The Morgan fingerprint density at radius 2 is 1.83 bits per heavy atom. The normalized spacial score (nSPS) is 17.5. The zero-order valence-electron chi connectivity index (χ0n) is 15.9. The first kappa shape index (κ1) is 18.8. The number of hydrogen-bond acceptors (Lipinski definition) is 3. The van der Waals surface area contributed by atoms with E-state index < -0.39 is 6.10 Å². The second-order valence-corrected chi connectivity index (χ2v) is 8.03. The Labute approximate surface area is 146 Å². The van der Waals surface area contributed by atoms with Crippen molar-refractivity contribution in [2.24, 2.45) is 0 Å². The molecule has 0 radical (unpaired) electrons. The summed E-state index contributed by atoms with van der Waals surface area (Å²) in [5.41, 5.74) is 1.37. The van der Waals surface area contributed by atoms with E-state index in [1.807, 2.05) is 12.1 Å². The molecular formula is C20H32N2O2. The minimum absolute atomic E-state index is 0.0639. The Bertz CT molecular complexity index is 544. The molecule has 24 heavy (non-hydrogen) atoms. The topological polar surface area (TPSA) is 41.6 Å². The quantitative estimate of drug-likeness (QED) is 0.832. The molecule has 4 heteroatoms. The van der Waals surface area contributed by atoms with Crippen molar-refractivity contribution < 1.29 is 9.53 Å². The van der Waals surface area contributed by atoms with Gasteiger partial charge >= 0.3 is 0 Å². The molecule has 1 aromatic carbocycles. The van der Waals surface area contributed by atoms with Crippen LogP contribution in [0.25, 0.3) is 0 Å². The van der Waals surface area contributed by atoms with Crippen LogP contribution in [-0.2, 0) is 10.2 Å². The van der Waals surface area contributed by atoms with Gasteiger partial charge in [-0.3, -0.25) is 9.69 Å². The number of nitrogens with zero attached hydrogens (tertiary/aromatic N) is 1. The highest BCUT2D eigenvalue weighted by Gasteiger charge is 2.29. The zero-order chi connectivity index (χ0) is 17.9. The summed E-state index contributed by atoms with van der Waals surface area (Å²) in [7, 11) is 2.13. The van der Waals surface area contributed by atoms with Crippen LogP contribution < -0.4 is 10.1 Å². The molecule has 1 aliphatic carbocycles. The highest BCUT2D eigenvalue weighted by molar-refractivity contribution is 5.80. The van der Waals surface area contributed by atoms with E-state index in [9.17, 15) is 4.79 Å². The van der Waals surface area contributed by atoms with Crippen molar-refractivity contribution in [2.75, 3.05) is 13.6 Å². The van der Waals surface area contributed by atoms with Gasteiger partial charge in [-0.05, 0) is 56.8 Å². The molecule has 0 spiro atoms. The largest absolute Gasteiger partial charge is 0.481 e. The molecule has 4 nitrogen and oxygen atoms in total. The summed E-state index contributed by atoms with van der Waals surface area (Å²) in [6.45, 7) is 11.1. The van der Waals surface area contributed by atoms with Crippen LogP contribution in [-0.4, -0.2) is 42.6 Å². The van der Waals surface area contributed by atoms with Gasteiger partial charge in [-0.15, -0.1) is 0 Å². The molecule has 1 aliphatic rings. The number of likely N-dealkylation sites (N-methyl/N-ethyl adjacent to an activating group) is 1. The van der Waals surface area contributed by atoms with Crippen LogP contribution in [0.1, 0.15) is 53.0 Å². The maximum atomic E-state index is 12.2. The molecule has 0 aliphatic heterocycles. The monoisotopic (exact) mass is 332 g/mol. The molecule has 2 rings (SSSR count). The summed E-state index contributed by atoms with van der Waals surface area (Å²) >= 11 is 0. The molecule has 2 atom stereocenters. The number of carbonyl (C=O) groups is 1. The van der Waals surface area contributed by atoms with Crippen molar-refractivity contribution >= 4 is 5.91 Å². The highest BCUT2D eigenvalue weighted by atomic mass is 16.5. The number of hydrogen-bond donors (Lipinski definition) is 1. The maximum absolute atomic E-state index is 12.2. The predicted octanol–water partition coefficient (Wildman–Crippen LogP) is 3.35. The fourth-order valence-electron chi connectivity index (χ4n) is 2.67. The van der Waals surface area contributed by atoms with Crippen LogP contribution in [0.3, 0.4) is 0 Å². The molecular weight excluding hydrogens is 300 g/mol. The lowest BCUT2D eigenvalue weighted by Gasteiger charge is -2.25. The lowest BCUT2D eigenvalue weighted by Crippen LogP contribution is -2.44. The Morgan fingerprint density at radius 1 is 1.25 bits per heavy atom. The summed E-state index contributed by atoms with van der Waals surface area (Å²) in [5, 5.41) is 3.00. The zero-order valence-corrected chi connectivity index (χ0v) is 15.9. The first-order chi connectivity index (χ1) is 11.2. The van der Waals surface area contributed by atoms with E-state index in [1.165, 1.54) is 18.4 Å². The lowest BCUT2D eigenvalue weighted by molar-refractivity contribution is -0.127. The summed E-state index contributed by atoms with van der Waals surface area (Å²) in [6, 6.07) is 9.05. The van der Waals surface area contributed by atoms with Crippen molar-refractivity contribution in [3.05, 3.63) is 29.8 Å². The van der Waals surface area contributed by atoms with Gasteiger partial charge in [0.25, 0.3) is 5.91 Å². The smallest absolute Gasteiger partial charge is 0.260 e. The third kappa shape index (κ3) is 5.23. The van der Waals surface area contributed by atoms with Gasteiger partial charge < -0.3 is 10.1 Å². The minimum atomic E-state index is -0.496. The van der Waals surface area contributed by atoms with Gasteiger partial charge in [-0.2, -0.15) is 0 Å². The first-order valence-electron chi connectivity index (χ1n) is 8.95. The maximum Gasteiger partial charge on any atom is 0.260 e. The number of nitrogens with one attached hydrogen (secondary N) is 1. The molecule has 1 aromatic rings. The SMILES string of the molecule is CC(Oc1ccc(C(C)(C)C)cc1)C(=O)NCC(C)N(C)C1CC1. The lowest BCUT2D eigenvalue weighted by atomic mass is 9.87. The number of rotatable bonds is 7. The molecule has 1 saturated carbocycles. The summed E-state index contributed by atoms with van der Waals surface area (Å²) in [4.78, 5) is 14.6. The van der Waals surface area contributed by atoms with Gasteiger partial charge in [-0.1, -0.05) is 32.9 Å². The van der Waals surface area contributed by atoms with Crippen molar-refractivity contribution in [2.45, 2.75) is 71.1 Å². The summed E-state index contributed by atoms with van der Waals surface area (Å²) < 4.78 is 5.77. The molecule has 0 saturated heterocycles. The van der Waals surface area contributed by atoms with Gasteiger partial charge in [0.05, 0.1) is 0 Å². The van der Waals surface area contributed by atoms with Crippen LogP contribution in [0, 0.1) is 0 Å². The van der Waals surface area contributed by atoms with Crippen LogP contribution >= 0.6 is 0 Å². The molecule has 1 N–H and O–H groups in total. The summed E-state index contributed by atoms with van der Waals surface area (Å²) in [6.07, 6.45) is 2.06. The van der Waals surface area contributed by atoms with Crippen LogP contribution in [0.2, 0.25) is 0 Å². The fourth-order valence-corrected chi connectivity index (χ4v) is 2.67.